The second-order valence-corrected chi connectivity index (χ2v) is 4.76. The molecule has 0 radical (unpaired) electrons. The van der Waals surface area contributed by atoms with Crippen LogP contribution in [-0.2, 0) is 0 Å². The van der Waals surface area contributed by atoms with E-state index >= 15 is 0 Å². The summed E-state index contributed by atoms with van der Waals surface area (Å²) in [5, 5.41) is 0. The van der Waals surface area contributed by atoms with E-state index in [0.29, 0.717) is 5.92 Å². The minimum absolute atomic E-state index is 0.343. The zero-order chi connectivity index (χ0) is 12.4. The fraction of sp³-hybridized carbons (Fsp3) is 0.250. The summed E-state index contributed by atoms with van der Waals surface area (Å²) >= 11 is 0. The fourth-order valence-corrected chi connectivity index (χ4v) is 2.10. The molecule has 0 aromatic heterocycles. The molecule has 1 heteroatoms. The van der Waals surface area contributed by atoms with E-state index in [1.165, 1.54) is 22.3 Å². The van der Waals surface area contributed by atoms with Crippen LogP contribution in [-0.4, -0.2) is 0 Å². The number of nitrogens with two attached hydrogens (primary N) is 1. The third-order valence-corrected chi connectivity index (χ3v) is 3.29. The SMILES string of the molecule is Cc1ccc(C(C)c2cc(C)ccc2N)cc1. The Morgan fingerprint density at radius 3 is 2.12 bits per heavy atom. The summed E-state index contributed by atoms with van der Waals surface area (Å²) in [5.41, 5.74) is 12.0. The van der Waals surface area contributed by atoms with Gasteiger partial charge >= 0.3 is 0 Å². The largest absolute Gasteiger partial charge is 0.398 e. The lowest BCUT2D eigenvalue weighted by Gasteiger charge is -2.16. The van der Waals surface area contributed by atoms with Gasteiger partial charge in [0, 0.05) is 11.6 Å². The Bertz CT molecular complexity index is 512. The topological polar surface area (TPSA) is 26.0 Å². The molecule has 2 N–H and O–H groups in total. The molecule has 0 aliphatic rings. The molecular formula is C16H19N. The molecule has 0 aliphatic heterocycles. The average molecular weight is 225 g/mol. The first-order chi connectivity index (χ1) is 8.08. The van der Waals surface area contributed by atoms with Crippen molar-refractivity contribution in [2.75, 3.05) is 5.73 Å². The second-order valence-electron chi connectivity index (χ2n) is 4.76. The van der Waals surface area contributed by atoms with Crippen LogP contribution in [0.3, 0.4) is 0 Å². The van der Waals surface area contributed by atoms with Crippen LogP contribution in [0.5, 0.6) is 0 Å². The molecule has 0 bridgehead atoms. The third-order valence-electron chi connectivity index (χ3n) is 3.29. The average Bonchev–Trinajstić information content (AvgIpc) is 2.32. The van der Waals surface area contributed by atoms with Gasteiger partial charge in [-0.2, -0.15) is 0 Å². The predicted octanol–water partition coefficient (Wildman–Crippen LogP) is 4.04. The molecule has 0 amide bonds. The van der Waals surface area contributed by atoms with E-state index in [0.717, 1.165) is 5.69 Å². The van der Waals surface area contributed by atoms with Gasteiger partial charge in [-0.1, -0.05) is 54.4 Å². The van der Waals surface area contributed by atoms with Crippen LogP contribution >= 0.6 is 0 Å². The number of aryl methyl sites for hydroxylation is 2. The van der Waals surface area contributed by atoms with Crippen LogP contribution < -0.4 is 5.73 Å². The number of rotatable bonds is 2. The van der Waals surface area contributed by atoms with Gasteiger partial charge < -0.3 is 5.73 Å². The van der Waals surface area contributed by atoms with Gasteiger partial charge in [-0.3, -0.25) is 0 Å². The van der Waals surface area contributed by atoms with Crippen molar-refractivity contribution in [2.45, 2.75) is 26.7 Å². The molecule has 2 aromatic carbocycles. The lowest BCUT2D eigenvalue weighted by molar-refractivity contribution is 0.922. The molecule has 0 spiro atoms. The first kappa shape index (κ1) is 11.7. The predicted molar refractivity (Wildman–Crippen MR) is 74.3 cm³/mol. The normalized spacial score (nSPS) is 12.4. The summed E-state index contributed by atoms with van der Waals surface area (Å²) in [7, 11) is 0. The highest BCUT2D eigenvalue weighted by atomic mass is 14.6. The quantitative estimate of drug-likeness (QED) is 0.767. The first-order valence-electron chi connectivity index (χ1n) is 6.00. The van der Waals surface area contributed by atoms with Gasteiger partial charge in [-0.25, -0.2) is 0 Å². The minimum Gasteiger partial charge on any atom is -0.398 e. The first-order valence-corrected chi connectivity index (χ1v) is 6.00. The standard InChI is InChI=1S/C16H19N/c1-11-4-7-14(8-5-11)13(3)15-10-12(2)6-9-16(15)17/h4-10,13H,17H2,1-3H3. The van der Waals surface area contributed by atoms with Crippen LogP contribution in [0.4, 0.5) is 5.69 Å². The lowest BCUT2D eigenvalue weighted by Crippen LogP contribution is -2.01. The molecule has 0 heterocycles. The molecule has 1 atom stereocenters. The van der Waals surface area contributed by atoms with Gasteiger partial charge in [0.2, 0.25) is 0 Å². The summed E-state index contributed by atoms with van der Waals surface area (Å²) in [4.78, 5) is 0. The summed E-state index contributed by atoms with van der Waals surface area (Å²) in [6, 6.07) is 14.9. The monoisotopic (exact) mass is 225 g/mol. The van der Waals surface area contributed by atoms with Gasteiger partial charge in [0.1, 0.15) is 0 Å². The van der Waals surface area contributed by atoms with E-state index in [4.69, 9.17) is 5.73 Å². The van der Waals surface area contributed by atoms with Crippen molar-refractivity contribution in [1.82, 2.24) is 0 Å². The zero-order valence-corrected chi connectivity index (χ0v) is 10.7. The van der Waals surface area contributed by atoms with E-state index in [-0.39, 0.29) is 0 Å². The second kappa shape index (κ2) is 4.62. The fourth-order valence-electron chi connectivity index (χ4n) is 2.10. The number of benzene rings is 2. The van der Waals surface area contributed by atoms with Crippen LogP contribution in [0.1, 0.15) is 35.1 Å². The van der Waals surface area contributed by atoms with Crippen molar-refractivity contribution in [3.63, 3.8) is 0 Å². The lowest BCUT2D eigenvalue weighted by atomic mass is 9.90. The molecule has 0 aliphatic carbocycles. The van der Waals surface area contributed by atoms with Crippen LogP contribution in [0.15, 0.2) is 42.5 Å². The molecule has 2 rings (SSSR count). The van der Waals surface area contributed by atoms with Gasteiger partial charge in [0.25, 0.3) is 0 Å². The Morgan fingerprint density at radius 1 is 0.882 bits per heavy atom. The Morgan fingerprint density at radius 2 is 1.47 bits per heavy atom. The van der Waals surface area contributed by atoms with Crippen molar-refractivity contribution >= 4 is 5.69 Å². The van der Waals surface area contributed by atoms with E-state index < -0.39 is 0 Å². The molecule has 1 nitrogen and oxygen atoms in total. The van der Waals surface area contributed by atoms with E-state index in [2.05, 4.69) is 57.2 Å². The molecule has 17 heavy (non-hydrogen) atoms. The number of hydrogen-bond acceptors (Lipinski definition) is 1. The number of hydrogen-bond donors (Lipinski definition) is 1. The maximum absolute atomic E-state index is 6.06. The highest BCUT2D eigenvalue weighted by Crippen LogP contribution is 2.29. The van der Waals surface area contributed by atoms with Crippen LogP contribution in [0.2, 0.25) is 0 Å². The molecule has 0 saturated carbocycles. The van der Waals surface area contributed by atoms with Crippen LogP contribution in [0, 0.1) is 13.8 Å². The molecule has 2 aromatic rings. The summed E-state index contributed by atoms with van der Waals surface area (Å²) in [6.45, 7) is 6.41. The number of nitrogen functional groups attached to an aromatic ring is 1. The van der Waals surface area contributed by atoms with Gasteiger partial charge in [0.05, 0.1) is 0 Å². The van der Waals surface area contributed by atoms with Gasteiger partial charge in [-0.05, 0) is 31.0 Å². The Kier molecular flexibility index (Phi) is 3.19. The Labute approximate surface area is 103 Å². The van der Waals surface area contributed by atoms with Crippen molar-refractivity contribution < 1.29 is 0 Å². The van der Waals surface area contributed by atoms with Gasteiger partial charge in [0.15, 0.2) is 0 Å². The third kappa shape index (κ3) is 2.50. The number of anilines is 1. The molecule has 0 saturated heterocycles. The summed E-state index contributed by atoms with van der Waals surface area (Å²) < 4.78 is 0. The smallest absolute Gasteiger partial charge is 0.0352 e. The Hall–Kier alpha value is -1.76. The Balaban J connectivity index is 2.39. The van der Waals surface area contributed by atoms with E-state index in [1.807, 2.05) is 6.07 Å². The van der Waals surface area contributed by atoms with E-state index in [1.54, 1.807) is 0 Å². The maximum Gasteiger partial charge on any atom is 0.0352 e. The van der Waals surface area contributed by atoms with Crippen LogP contribution in [0.25, 0.3) is 0 Å². The van der Waals surface area contributed by atoms with Crippen molar-refractivity contribution in [3.05, 3.63) is 64.7 Å². The molecule has 0 fully saturated rings. The van der Waals surface area contributed by atoms with E-state index in [9.17, 15) is 0 Å². The molecule has 1 unspecified atom stereocenters. The summed E-state index contributed by atoms with van der Waals surface area (Å²) in [6.07, 6.45) is 0. The highest BCUT2D eigenvalue weighted by molar-refractivity contribution is 5.53. The zero-order valence-electron chi connectivity index (χ0n) is 10.7. The molecule has 88 valence electrons. The van der Waals surface area contributed by atoms with Crippen molar-refractivity contribution in [3.8, 4) is 0 Å². The molecular weight excluding hydrogens is 206 g/mol. The van der Waals surface area contributed by atoms with Crippen molar-refractivity contribution in [2.24, 2.45) is 0 Å². The highest BCUT2D eigenvalue weighted by Gasteiger charge is 2.11. The minimum atomic E-state index is 0.343. The summed E-state index contributed by atoms with van der Waals surface area (Å²) in [5.74, 6) is 0.343. The van der Waals surface area contributed by atoms with Crippen molar-refractivity contribution in [1.29, 1.82) is 0 Å². The van der Waals surface area contributed by atoms with Gasteiger partial charge in [-0.15, -0.1) is 0 Å². The maximum atomic E-state index is 6.06.